The summed E-state index contributed by atoms with van der Waals surface area (Å²) in [6, 6.07) is 4.34. The topological polar surface area (TPSA) is 75.6 Å². The predicted octanol–water partition coefficient (Wildman–Crippen LogP) is 1.31. The summed E-state index contributed by atoms with van der Waals surface area (Å²) in [5.74, 6) is -2.35. The molecule has 1 amide bonds. The van der Waals surface area contributed by atoms with Crippen LogP contribution in [0.4, 0.5) is 4.39 Å². The van der Waals surface area contributed by atoms with Crippen molar-refractivity contribution >= 4 is 27.8 Å². The normalized spacial score (nSPS) is 16.5. The van der Waals surface area contributed by atoms with Gasteiger partial charge >= 0.3 is 5.97 Å². The van der Waals surface area contributed by atoms with Gasteiger partial charge in [-0.15, -0.1) is 0 Å². The van der Waals surface area contributed by atoms with E-state index in [1.54, 1.807) is 6.07 Å². The van der Waals surface area contributed by atoms with Crippen molar-refractivity contribution in [2.24, 2.45) is 5.41 Å². The lowest BCUT2D eigenvalue weighted by Crippen LogP contribution is -2.58. The minimum absolute atomic E-state index is 0.0703. The van der Waals surface area contributed by atoms with Crippen LogP contribution < -0.4 is 5.32 Å². The molecular weight excluding hydrogens is 321 g/mol. The molecule has 7 heteroatoms. The number of rotatable bonds is 4. The largest absolute Gasteiger partial charge is 0.480 e. The first-order valence-corrected chi connectivity index (χ1v) is 6.28. The summed E-state index contributed by atoms with van der Waals surface area (Å²) in [6.45, 7) is -0.386. The number of amides is 1. The zero-order valence-electron chi connectivity index (χ0n) is 9.78. The van der Waals surface area contributed by atoms with Crippen LogP contribution in [0.25, 0.3) is 0 Å². The monoisotopic (exact) mass is 331 g/mol. The highest BCUT2D eigenvalue weighted by Crippen LogP contribution is 2.28. The van der Waals surface area contributed by atoms with E-state index in [4.69, 9.17) is 9.84 Å². The molecule has 102 valence electrons. The maximum atomic E-state index is 13.5. The molecule has 0 atom stereocenters. The van der Waals surface area contributed by atoms with Gasteiger partial charge in [0.25, 0.3) is 0 Å². The number of hydrogen-bond donors (Lipinski definition) is 2. The molecule has 1 aliphatic rings. The zero-order chi connectivity index (χ0) is 14.0. The Bertz CT molecular complexity index is 530. The van der Waals surface area contributed by atoms with Crippen molar-refractivity contribution in [3.8, 4) is 0 Å². The summed E-state index contributed by atoms with van der Waals surface area (Å²) in [5, 5.41) is 11.5. The van der Waals surface area contributed by atoms with Crippen LogP contribution in [0.1, 0.15) is 5.56 Å². The number of carbonyl (C=O) groups excluding carboxylic acids is 1. The summed E-state index contributed by atoms with van der Waals surface area (Å²) >= 11 is 3.20. The average Bonchev–Trinajstić information content (AvgIpc) is 2.28. The van der Waals surface area contributed by atoms with Crippen LogP contribution >= 0.6 is 15.9 Å². The Morgan fingerprint density at radius 2 is 2.16 bits per heavy atom. The van der Waals surface area contributed by atoms with Crippen molar-refractivity contribution in [3.05, 3.63) is 34.1 Å². The molecule has 0 bridgehead atoms. The van der Waals surface area contributed by atoms with Gasteiger partial charge in [0.05, 0.1) is 13.2 Å². The first kappa shape index (κ1) is 14.0. The van der Waals surface area contributed by atoms with Crippen molar-refractivity contribution in [3.63, 3.8) is 0 Å². The standard InChI is InChI=1S/C12H11BrFNO4/c13-8-1-2-9(14)7(3-8)4-15-10(16)12(11(17)18)5-19-6-12/h1-3H,4-6H2,(H,15,16)(H,17,18). The summed E-state index contributed by atoms with van der Waals surface area (Å²) in [7, 11) is 0. The second-order valence-electron chi connectivity index (χ2n) is 4.30. The minimum Gasteiger partial charge on any atom is -0.480 e. The van der Waals surface area contributed by atoms with Gasteiger partial charge in [0, 0.05) is 16.6 Å². The van der Waals surface area contributed by atoms with Crippen LogP contribution in [-0.2, 0) is 20.9 Å². The van der Waals surface area contributed by atoms with Crippen LogP contribution in [0.2, 0.25) is 0 Å². The second kappa shape index (κ2) is 5.26. The fraction of sp³-hybridized carbons (Fsp3) is 0.333. The van der Waals surface area contributed by atoms with E-state index in [1.165, 1.54) is 12.1 Å². The molecule has 5 nitrogen and oxygen atoms in total. The molecule has 1 fully saturated rings. The van der Waals surface area contributed by atoms with Gasteiger partial charge in [0.15, 0.2) is 5.41 Å². The number of nitrogens with one attached hydrogen (secondary N) is 1. The summed E-state index contributed by atoms with van der Waals surface area (Å²) in [4.78, 5) is 22.9. The summed E-state index contributed by atoms with van der Waals surface area (Å²) in [6.07, 6.45) is 0. The molecule has 1 aromatic rings. The first-order chi connectivity index (χ1) is 8.95. The molecule has 0 aliphatic carbocycles. The highest BCUT2D eigenvalue weighted by atomic mass is 79.9. The Hall–Kier alpha value is -1.47. The number of ether oxygens (including phenoxy) is 1. The molecule has 2 N–H and O–H groups in total. The Morgan fingerprint density at radius 1 is 1.47 bits per heavy atom. The van der Waals surface area contributed by atoms with E-state index in [0.29, 0.717) is 4.47 Å². The first-order valence-electron chi connectivity index (χ1n) is 5.49. The molecule has 0 radical (unpaired) electrons. The van der Waals surface area contributed by atoms with E-state index in [1.807, 2.05) is 0 Å². The van der Waals surface area contributed by atoms with Crippen LogP contribution in [-0.4, -0.2) is 30.2 Å². The molecule has 0 unspecified atom stereocenters. The van der Waals surface area contributed by atoms with Crippen molar-refractivity contribution in [2.75, 3.05) is 13.2 Å². The van der Waals surface area contributed by atoms with Gasteiger partial charge in [-0.3, -0.25) is 9.59 Å². The predicted molar refractivity (Wildman–Crippen MR) is 66.8 cm³/mol. The Balaban J connectivity index is 2.04. The third kappa shape index (κ3) is 2.62. The van der Waals surface area contributed by atoms with Gasteiger partial charge < -0.3 is 15.2 Å². The van der Waals surface area contributed by atoms with Gasteiger partial charge in [-0.2, -0.15) is 0 Å². The third-order valence-electron chi connectivity index (χ3n) is 2.99. The van der Waals surface area contributed by atoms with Gasteiger partial charge in [-0.1, -0.05) is 15.9 Å². The van der Waals surface area contributed by atoms with Crippen LogP contribution in [0.15, 0.2) is 22.7 Å². The SMILES string of the molecule is O=C(O)C1(C(=O)NCc2cc(Br)ccc2F)COC1. The highest BCUT2D eigenvalue weighted by Gasteiger charge is 2.53. The lowest BCUT2D eigenvalue weighted by Gasteiger charge is -2.35. The van der Waals surface area contributed by atoms with Crippen LogP contribution in [0.3, 0.4) is 0 Å². The molecule has 1 aliphatic heterocycles. The third-order valence-corrected chi connectivity index (χ3v) is 3.48. The summed E-state index contributed by atoms with van der Waals surface area (Å²) in [5.41, 5.74) is -1.26. The van der Waals surface area contributed by atoms with E-state index in [2.05, 4.69) is 21.2 Å². The van der Waals surface area contributed by atoms with E-state index in [9.17, 15) is 14.0 Å². The minimum atomic E-state index is -1.54. The highest BCUT2D eigenvalue weighted by molar-refractivity contribution is 9.10. The number of carbonyl (C=O) groups is 2. The number of carboxylic acids is 1. The van der Waals surface area contributed by atoms with Crippen molar-refractivity contribution in [2.45, 2.75) is 6.54 Å². The van der Waals surface area contributed by atoms with Crippen LogP contribution in [0.5, 0.6) is 0 Å². The second-order valence-corrected chi connectivity index (χ2v) is 5.21. The molecule has 0 spiro atoms. The van der Waals surface area contributed by atoms with Gasteiger partial charge in [0.1, 0.15) is 5.82 Å². The molecule has 19 heavy (non-hydrogen) atoms. The molecule has 1 saturated heterocycles. The van der Waals surface area contributed by atoms with Crippen molar-refractivity contribution in [1.29, 1.82) is 0 Å². The van der Waals surface area contributed by atoms with Gasteiger partial charge in [0.2, 0.25) is 5.91 Å². The van der Waals surface area contributed by atoms with Gasteiger partial charge in [-0.05, 0) is 18.2 Å². The van der Waals surface area contributed by atoms with Crippen molar-refractivity contribution < 1.29 is 23.8 Å². The Labute approximate surface area is 116 Å². The van der Waals surface area contributed by atoms with E-state index >= 15 is 0 Å². The molecular formula is C12H11BrFNO4. The lowest BCUT2D eigenvalue weighted by atomic mass is 9.85. The number of carboxylic acid groups (broad SMARTS) is 1. The number of hydrogen-bond acceptors (Lipinski definition) is 3. The fourth-order valence-electron chi connectivity index (χ4n) is 1.68. The number of halogens is 2. The number of benzene rings is 1. The fourth-order valence-corrected chi connectivity index (χ4v) is 2.09. The van der Waals surface area contributed by atoms with E-state index < -0.39 is 23.1 Å². The maximum absolute atomic E-state index is 13.5. The zero-order valence-corrected chi connectivity index (χ0v) is 11.4. The molecule has 0 saturated carbocycles. The Kier molecular flexibility index (Phi) is 3.86. The summed E-state index contributed by atoms with van der Waals surface area (Å²) < 4.78 is 18.9. The molecule has 1 heterocycles. The lowest BCUT2D eigenvalue weighted by molar-refractivity contribution is -0.185. The number of aliphatic carboxylic acids is 1. The molecule has 2 rings (SSSR count). The molecule has 1 aromatic carbocycles. The smallest absolute Gasteiger partial charge is 0.324 e. The van der Waals surface area contributed by atoms with Crippen molar-refractivity contribution in [1.82, 2.24) is 5.32 Å². The average molecular weight is 332 g/mol. The van der Waals surface area contributed by atoms with E-state index in [0.717, 1.165) is 0 Å². The maximum Gasteiger partial charge on any atom is 0.324 e. The quantitative estimate of drug-likeness (QED) is 0.815. The van der Waals surface area contributed by atoms with Crippen LogP contribution in [0, 0.1) is 11.2 Å². The Morgan fingerprint density at radius 3 is 2.68 bits per heavy atom. The molecule has 0 aromatic heterocycles. The van der Waals surface area contributed by atoms with Gasteiger partial charge in [-0.25, -0.2) is 4.39 Å². The van der Waals surface area contributed by atoms with E-state index in [-0.39, 0.29) is 25.3 Å².